The van der Waals surface area contributed by atoms with Crippen LogP contribution in [0.4, 0.5) is 5.95 Å². The molecule has 2 heterocycles. The Balaban J connectivity index is 1.81. The molecule has 1 aromatic carbocycles. The third-order valence-electron chi connectivity index (χ3n) is 3.54. The number of ether oxygens (including phenoxy) is 1. The third-order valence-corrected chi connectivity index (χ3v) is 3.54. The van der Waals surface area contributed by atoms with Crippen molar-refractivity contribution in [2.24, 2.45) is 0 Å². The van der Waals surface area contributed by atoms with Gasteiger partial charge in [-0.2, -0.15) is 4.98 Å². The minimum absolute atomic E-state index is 0.144. The van der Waals surface area contributed by atoms with Crippen molar-refractivity contribution < 1.29 is 13.7 Å². The molecule has 7 heteroatoms. The van der Waals surface area contributed by atoms with Crippen molar-refractivity contribution in [1.29, 1.82) is 0 Å². The van der Waals surface area contributed by atoms with E-state index in [-0.39, 0.29) is 12.2 Å². The highest BCUT2D eigenvalue weighted by Gasteiger charge is 2.10. The maximum Gasteiger partial charge on any atom is 0.336 e. The zero-order valence-electron chi connectivity index (χ0n) is 13.9. The maximum absolute atomic E-state index is 11.7. The second-order valence-electron chi connectivity index (χ2n) is 5.67. The minimum atomic E-state index is -0.351. The number of aryl methyl sites for hydroxylation is 1. The molecular formula is C17H19N3O4. The smallest absolute Gasteiger partial charge is 0.336 e. The number of benzene rings is 1. The number of anilines is 1. The summed E-state index contributed by atoms with van der Waals surface area (Å²) in [5.41, 5.74) is 1.15. The molecule has 0 bridgehead atoms. The molecule has 7 nitrogen and oxygen atoms in total. The lowest BCUT2D eigenvalue weighted by atomic mass is 10.1. The molecule has 3 rings (SSSR count). The van der Waals surface area contributed by atoms with E-state index < -0.39 is 0 Å². The summed E-state index contributed by atoms with van der Waals surface area (Å²) in [6, 6.07) is 7.00. The van der Waals surface area contributed by atoms with Crippen LogP contribution in [-0.2, 0) is 13.0 Å². The van der Waals surface area contributed by atoms with Gasteiger partial charge in [-0.15, -0.1) is 0 Å². The normalized spacial score (nSPS) is 11.0. The quantitative estimate of drug-likeness (QED) is 0.643. The van der Waals surface area contributed by atoms with Gasteiger partial charge in [0.1, 0.15) is 11.3 Å². The Labute approximate surface area is 138 Å². The van der Waals surface area contributed by atoms with E-state index in [1.165, 1.54) is 0 Å². The van der Waals surface area contributed by atoms with Crippen molar-refractivity contribution in [3.05, 3.63) is 46.1 Å². The van der Waals surface area contributed by atoms with Crippen molar-refractivity contribution in [2.45, 2.75) is 26.4 Å². The van der Waals surface area contributed by atoms with E-state index in [2.05, 4.69) is 17.1 Å². The zero-order valence-corrected chi connectivity index (χ0v) is 13.9. The molecule has 0 aliphatic carbocycles. The van der Waals surface area contributed by atoms with Crippen LogP contribution in [0.1, 0.15) is 24.8 Å². The molecule has 0 saturated carbocycles. The van der Waals surface area contributed by atoms with Crippen molar-refractivity contribution in [2.75, 3.05) is 19.0 Å². The van der Waals surface area contributed by atoms with Gasteiger partial charge in [-0.3, -0.25) is 0 Å². The Morgan fingerprint density at radius 3 is 2.79 bits per heavy atom. The molecule has 0 fully saturated rings. The Bertz CT molecular complexity index is 898. The largest absolute Gasteiger partial charge is 0.484 e. The first-order valence-corrected chi connectivity index (χ1v) is 7.76. The van der Waals surface area contributed by atoms with E-state index in [4.69, 9.17) is 13.7 Å². The molecule has 3 aromatic rings. The van der Waals surface area contributed by atoms with Crippen LogP contribution in [0.25, 0.3) is 11.0 Å². The van der Waals surface area contributed by atoms with Crippen molar-refractivity contribution in [1.82, 2.24) is 10.1 Å². The fourth-order valence-corrected chi connectivity index (χ4v) is 2.41. The predicted molar refractivity (Wildman–Crippen MR) is 89.4 cm³/mol. The van der Waals surface area contributed by atoms with E-state index in [0.717, 1.165) is 23.8 Å². The van der Waals surface area contributed by atoms with Crippen molar-refractivity contribution >= 4 is 16.9 Å². The topological polar surface area (TPSA) is 81.6 Å². The zero-order chi connectivity index (χ0) is 17.1. The van der Waals surface area contributed by atoms with Crippen LogP contribution in [0.5, 0.6) is 5.75 Å². The summed E-state index contributed by atoms with van der Waals surface area (Å²) in [7, 11) is 3.66. The molecule has 0 N–H and O–H groups in total. The molecule has 0 saturated heterocycles. The van der Waals surface area contributed by atoms with Gasteiger partial charge >= 0.3 is 5.63 Å². The molecule has 2 aromatic heterocycles. The van der Waals surface area contributed by atoms with E-state index in [0.29, 0.717) is 23.2 Å². The molecule has 0 amide bonds. The van der Waals surface area contributed by atoms with Gasteiger partial charge in [0.05, 0.1) is 0 Å². The van der Waals surface area contributed by atoms with Crippen LogP contribution in [0.2, 0.25) is 0 Å². The lowest BCUT2D eigenvalue weighted by Crippen LogP contribution is -2.10. The molecule has 0 unspecified atom stereocenters. The number of rotatable bonds is 6. The lowest BCUT2D eigenvalue weighted by molar-refractivity contribution is 0.243. The monoisotopic (exact) mass is 329 g/mol. The molecule has 0 aliphatic heterocycles. The summed E-state index contributed by atoms with van der Waals surface area (Å²) in [6.45, 7) is 2.22. The van der Waals surface area contributed by atoms with E-state index in [9.17, 15) is 4.79 Å². The third kappa shape index (κ3) is 3.40. The van der Waals surface area contributed by atoms with Crippen LogP contribution in [0, 0.1) is 0 Å². The van der Waals surface area contributed by atoms with Gasteiger partial charge in [-0.1, -0.05) is 13.3 Å². The molecule has 24 heavy (non-hydrogen) atoms. The molecular weight excluding hydrogens is 310 g/mol. The van der Waals surface area contributed by atoms with Crippen LogP contribution in [-0.4, -0.2) is 24.2 Å². The summed E-state index contributed by atoms with van der Waals surface area (Å²) in [5, 5.41) is 4.75. The van der Waals surface area contributed by atoms with Crippen LogP contribution in [0.15, 0.2) is 38.0 Å². The first-order chi connectivity index (χ1) is 11.6. The lowest BCUT2D eigenvalue weighted by Gasteiger charge is -2.07. The number of hydrogen-bond acceptors (Lipinski definition) is 7. The number of aromatic nitrogens is 2. The summed E-state index contributed by atoms with van der Waals surface area (Å²) in [6.07, 6.45) is 1.79. The van der Waals surface area contributed by atoms with Gasteiger partial charge in [0.25, 0.3) is 11.8 Å². The van der Waals surface area contributed by atoms with Gasteiger partial charge in [0.2, 0.25) is 0 Å². The highest BCUT2D eigenvalue weighted by atomic mass is 16.5. The Kier molecular flexibility index (Phi) is 4.50. The number of nitrogens with zero attached hydrogens (tertiary/aromatic N) is 3. The molecule has 0 atom stereocenters. The Morgan fingerprint density at radius 2 is 2.08 bits per heavy atom. The summed E-state index contributed by atoms with van der Waals surface area (Å²) in [4.78, 5) is 17.6. The SMILES string of the molecule is CCCc1cc(=O)oc2cc(OCc3nc(N(C)C)no3)ccc12. The first-order valence-electron chi connectivity index (χ1n) is 7.76. The average molecular weight is 329 g/mol. The van der Waals surface area contributed by atoms with Crippen LogP contribution < -0.4 is 15.3 Å². The van der Waals surface area contributed by atoms with E-state index in [1.807, 2.05) is 26.2 Å². The number of hydrogen-bond donors (Lipinski definition) is 0. The van der Waals surface area contributed by atoms with Crippen molar-refractivity contribution in [3.63, 3.8) is 0 Å². The van der Waals surface area contributed by atoms with Gasteiger partial charge in [0.15, 0.2) is 6.61 Å². The minimum Gasteiger partial charge on any atom is -0.484 e. The molecule has 126 valence electrons. The predicted octanol–water partition coefficient (Wildman–Crippen LogP) is 2.77. The molecule has 0 aliphatic rings. The van der Waals surface area contributed by atoms with Crippen LogP contribution in [0.3, 0.4) is 0 Å². The Hall–Kier alpha value is -2.83. The average Bonchev–Trinajstić information content (AvgIpc) is 3.02. The van der Waals surface area contributed by atoms with Crippen molar-refractivity contribution in [3.8, 4) is 5.75 Å². The van der Waals surface area contributed by atoms with E-state index >= 15 is 0 Å². The standard InChI is InChI=1S/C17H19N3O4/c1-4-5-11-8-16(21)23-14-9-12(6-7-13(11)14)22-10-15-18-17(19-24-15)20(2)3/h6-9H,4-5,10H2,1-3H3. The highest BCUT2D eigenvalue weighted by Crippen LogP contribution is 2.24. The second kappa shape index (κ2) is 6.74. The summed E-state index contributed by atoms with van der Waals surface area (Å²) < 4.78 is 16.0. The fourth-order valence-electron chi connectivity index (χ4n) is 2.41. The summed E-state index contributed by atoms with van der Waals surface area (Å²) in [5.74, 6) is 1.44. The van der Waals surface area contributed by atoms with Gasteiger partial charge in [0, 0.05) is 31.6 Å². The van der Waals surface area contributed by atoms with Gasteiger partial charge in [-0.25, -0.2) is 4.79 Å². The number of fused-ring (bicyclic) bond motifs is 1. The Morgan fingerprint density at radius 1 is 1.25 bits per heavy atom. The molecule has 0 radical (unpaired) electrons. The first kappa shape index (κ1) is 16.0. The van der Waals surface area contributed by atoms with Gasteiger partial charge < -0.3 is 18.6 Å². The van der Waals surface area contributed by atoms with Gasteiger partial charge in [-0.05, 0) is 29.3 Å². The highest BCUT2D eigenvalue weighted by molar-refractivity contribution is 5.81. The molecule has 0 spiro atoms. The second-order valence-corrected chi connectivity index (χ2v) is 5.67. The van der Waals surface area contributed by atoms with E-state index in [1.54, 1.807) is 17.0 Å². The fraction of sp³-hybridized carbons (Fsp3) is 0.353. The summed E-state index contributed by atoms with van der Waals surface area (Å²) >= 11 is 0. The maximum atomic E-state index is 11.7. The van der Waals surface area contributed by atoms with Crippen LogP contribution >= 0.6 is 0 Å².